The maximum atomic E-state index is 11.5. The molecule has 0 aliphatic heterocycles. The van der Waals surface area contributed by atoms with Crippen LogP contribution in [0.25, 0.3) is 0 Å². The highest BCUT2D eigenvalue weighted by Crippen LogP contribution is 2.02. The molecule has 0 heterocycles. The molecule has 0 saturated carbocycles. The minimum atomic E-state index is -0.874. The third-order valence-electron chi connectivity index (χ3n) is 1.97. The van der Waals surface area contributed by atoms with Crippen LogP contribution in [0.1, 0.15) is 26.7 Å². The second kappa shape index (κ2) is 9.70. The summed E-state index contributed by atoms with van der Waals surface area (Å²) in [5, 5.41) is 2.40. The van der Waals surface area contributed by atoms with Crippen molar-refractivity contribution >= 4 is 29.4 Å². The van der Waals surface area contributed by atoms with Gasteiger partial charge in [-0.3, -0.25) is 9.59 Å². The Bertz CT molecular complexity index is 295. The van der Waals surface area contributed by atoms with E-state index in [0.717, 1.165) is 0 Å². The van der Waals surface area contributed by atoms with Gasteiger partial charge >= 0.3 is 11.9 Å². The van der Waals surface area contributed by atoms with Crippen molar-refractivity contribution < 1.29 is 23.9 Å². The first-order valence-electron chi connectivity index (χ1n) is 5.72. The fourth-order valence-electron chi connectivity index (χ4n) is 1.22. The van der Waals surface area contributed by atoms with Crippen molar-refractivity contribution in [3.63, 3.8) is 0 Å². The number of carbonyl (C=O) groups excluding carboxylic acids is 3. The molecule has 0 aliphatic carbocycles. The molecule has 1 atom stereocenters. The molecule has 104 valence electrons. The summed E-state index contributed by atoms with van der Waals surface area (Å²) in [6, 6.07) is -0.874. The number of nitrogens with one attached hydrogen (secondary N) is 1. The number of alkyl halides is 1. The van der Waals surface area contributed by atoms with E-state index in [1.807, 2.05) is 0 Å². The third kappa shape index (κ3) is 7.11. The zero-order chi connectivity index (χ0) is 14.0. The predicted molar refractivity (Wildman–Crippen MR) is 65.2 cm³/mol. The monoisotopic (exact) mass is 279 g/mol. The van der Waals surface area contributed by atoms with E-state index in [1.165, 1.54) is 0 Å². The molecule has 0 fully saturated rings. The highest BCUT2D eigenvalue weighted by atomic mass is 35.5. The van der Waals surface area contributed by atoms with E-state index >= 15 is 0 Å². The Hall–Kier alpha value is -1.30. The predicted octanol–water partition coefficient (Wildman–Crippen LogP) is 0.616. The molecule has 1 amide bonds. The lowest BCUT2D eigenvalue weighted by Crippen LogP contribution is -2.42. The zero-order valence-corrected chi connectivity index (χ0v) is 11.3. The minimum Gasteiger partial charge on any atom is -0.466 e. The standard InChI is InChI=1S/C11H18ClNO5/c1-3-17-10(15)6-5-8(11(16)18-4-2)13-9(14)7-12/h8H,3-7H2,1-2H3,(H,13,14)/t8-/m0/s1. The molecule has 0 bridgehead atoms. The molecule has 0 rings (SSSR count). The van der Waals surface area contributed by atoms with Crippen molar-refractivity contribution in [3.8, 4) is 0 Å². The molecule has 0 saturated heterocycles. The van der Waals surface area contributed by atoms with Crippen LogP contribution in [0, 0.1) is 0 Å². The van der Waals surface area contributed by atoms with Crippen LogP contribution in [0.4, 0.5) is 0 Å². The van der Waals surface area contributed by atoms with Crippen molar-refractivity contribution in [1.82, 2.24) is 5.32 Å². The highest BCUT2D eigenvalue weighted by Gasteiger charge is 2.22. The lowest BCUT2D eigenvalue weighted by Gasteiger charge is -2.16. The largest absolute Gasteiger partial charge is 0.466 e. The first-order chi connectivity index (χ1) is 8.54. The molecule has 0 spiro atoms. The van der Waals surface area contributed by atoms with Crippen molar-refractivity contribution in [3.05, 3.63) is 0 Å². The van der Waals surface area contributed by atoms with E-state index in [-0.39, 0.29) is 31.9 Å². The second-order valence-corrected chi connectivity index (χ2v) is 3.62. The van der Waals surface area contributed by atoms with E-state index in [1.54, 1.807) is 13.8 Å². The quantitative estimate of drug-likeness (QED) is 0.520. The molecular weight excluding hydrogens is 262 g/mol. The number of carbonyl (C=O) groups is 3. The van der Waals surface area contributed by atoms with Gasteiger partial charge in [-0.15, -0.1) is 11.6 Å². The Labute approximate surface area is 111 Å². The van der Waals surface area contributed by atoms with E-state index in [9.17, 15) is 14.4 Å². The molecule has 0 radical (unpaired) electrons. The van der Waals surface area contributed by atoms with Gasteiger partial charge in [-0.25, -0.2) is 4.79 Å². The average Bonchev–Trinajstić information content (AvgIpc) is 2.34. The van der Waals surface area contributed by atoms with Gasteiger partial charge in [0.15, 0.2) is 0 Å². The third-order valence-corrected chi connectivity index (χ3v) is 2.21. The number of hydrogen-bond acceptors (Lipinski definition) is 5. The summed E-state index contributed by atoms with van der Waals surface area (Å²) in [7, 11) is 0. The van der Waals surface area contributed by atoms with Crippen LogP contribution in [0.3, 0.4) is 0 Å². The summed E-state index contributed by atoms with van der Waals surface area (Å²) in [4.78, 5) is 33.8. The molecule has 6 nitrogen and oxygen atoms in total. The number of halogens is 1. The Morgan fingerprint density at radius 1 is 1.17 bits per heavy atom. The number of amides is 1. The smallest absolute Gasteiger partial charge is 0.328 e. The number of ether oxygens (including phenoxy) is 2. The van der Waals surface area contributed by atoms with Crippen LogP contribution in [-0.4, -0.2) is 43.0 Å². The molecule has 0 aliphatic rings. The van der Waals surface area contributed by atoms with E-state index < -0.39 is 23.9 Å². The minimum absolute atomic E-state index is 0.0277. The van der Waals surface area contributed by atoms with Gasteiger partial charge in [-0.2, -0.15) is 0 Å². The molecule has 0 aromatic rings. The summed E-state index contributed by atoms with van der Waals surface area (Å²) >= 11 is 5.33. The maximum Gasteiger partial charge on any atom is 0.328 e. The molecule has 18 heavy (non-hydrogen) atoms. The lowest BCUT2D eigenvalue weighted by atomic mass is 10.1. The molecule has 7 heteroatoms. The van der Waals surface area contributed by atoms with Gasteiger partial charge in [0.1, 0.15) is 11.9 Å². The molecule has 0 aromatic carbocycles. The first-order valence-corrected chi connectivity index (χ1v) is 6.26. The number of esters is 2. The van der Waals surface area contributed by atoms with E-state index in [4.69, 9.17) is 21.1 Å². The topological polar surface area (TPSA) is 81.7 Å². The summed E-state index contributed by atoms with van der Waals surface area (Å²) in [5.41, 5.74) is 0. The van der Waals surface area contributed by atoms with Crippen molar-refractivity contribution in [1.29, 1.82) is 0 Å². The van der Waals surface area contributed by atoms with Gasteiger partial charge in [-0.1, -0.05) is 0 Å². The molecular formula is C11H18ClNO5. The van der Waals surface area contributed by atoms with Crippen LogP contribution in [0.2, 0.25) is 0 Å². The average molecular weight is 280 g/mol. The van der Waals surface area contributed by atoms with Gasteiger partial charge in [0.2, 0.25) is 5.91 Å². The summed E-state index contributed by atoms with van der Waals surface area (Å²) in [6.45, 7) is 3.82. The SMILES string of the molecule is CCOC(=O)CC[C@H](NC(=O)CCl)C(=O)OCC. The zero-order valence-electron chi connectivity index (χ0n) is 10.5. The van der Waals surface area contributed by atoms with Gasteiger partial charge < -0.3 is 14.8 Å². The molecule has 1 N–H and O–H groups in total. The van der Waals surface area contributed by atoms with Crippen molar-refractivity contribution in [2.75, 3.05) is 19.1 Å². The van der Waals surface area contributed by atoms with Crippen LogP contribution >= 0.6 is 11.6 Å². The summed E-state index contributed by atoms with van der Waals surface area (Å²) in [6.07, 6.45) is 0.153. The maximum absolute atomic E-state index is 11.5. The van der Waals surface area contributed by atoms with Crippen molar-refractivity contribution in [2.24, 2.45) is 0 Å². The normalized spacial score (nSPS) is 11.5. The Morgan fingerprint density at radius 3 is 2.28 bits per heavy atom. The van der Waals surface area contributed by atoms with Gasteiger partial charge in [0.25, 0.3) is 0 Å². The van der Waals surface area contributed by atoms with Gasteiger partial charge in [0, 0.05) is 6.42 Å². The lowest BCUT2D eigenvalue weighted by molar-refractivity contribution is -0.148. The molecule has 0 aromatic heterocycles. The van der Waals surface area contributed by atoms with E-state index in [0.29, 0.717) is 0 Å². The summed E-state index contributed by atoms with van der Waals surface area (Å²) in [5.74, 6) is -1.75. The fourth-order valence-corrected chi connectivity index (χ4v) is 1.30. The Balaban J connectivity index is 4.33. The van der Waals surface area contributed by atoms with Crippen LogP contribution in [0.15, 0.2) is 0 Å². The Kier molecular flexibility index (Phi) is 9.00. The number of hydrogen-bond donors (Lipinski definition) is 1. The highest BCUT2D eigenvalue weighted by molar-refractivity contribution is 6.27. The van der Waals surface area contributed by atoms with Gasteiger partial charge in [0.05, 0.1) is 13.2 Å². The van der Waals surface area contributed by atoms with Crippen LogP contribution in [-0.2, 0) is 23.9 Å². The number of rotatable bonds is 8. The Morgan fingerprint density at radius 2 is 1.78 bits per heavy atom. The van der Waals surface area contributed by atoms with Crippen molar-refractivity contribution in [2.45, 2.75) is 32.7 Å². The second-order valence-electron chi connectivity index (χ2n) is 3.35. The van der Waals surface area contributed by atoms with E-state index in [2.05, 4.69) is 5.32 Å². The molecule has 0 unspecified atom stereocenters. The van der Waals surface area contributed by atoms with Crippen LogP contribution < -0.4 is 5.32 Å². The van der Waals surface area contributed by atoms with Gasteiger partial charge in [-0.05, 0) is 20.3 Å². The fraction of sp³-hybridized carbons (Fsp3) is 0.727. The van der Waals surface area contributed by atoms with Crippen LogP contribution in [0.5, 0.6) is 0 Å². The first kappa shape index (κ1) is 16.7. The summed E-state index contributed by atoms with van der Waals surface area (Å²) < 4.78 is 9.53.